The highest BCUT2D eigenvalue weighted by Crippen LogP contribution is 2.39. The molecule has 0 radical (unpaired) electrons. The van der Waals surface area contributed by atoms with Crippen molar-refractivity contribution in [2.45, 2.75) is 76.8 Å². The Morgan fingerprint density at radius 3 is 2.33 bits per heavy atom. The summed E-state index contributed by atoms with van der Waals surface area (Å²) in [6.07, 6.45) is 9.62. The van der Waals surface area contributed by atoms with Crippen LogP contribution in [0.4, 0.5) is 0 Å². The summed E-state index contributed by atoms with van der Waals surface area (Å²) in [5.41, 5.74) is -0.357. The van der Waals surface area contributed by atoms with Crippen molar-refractivity contribution in [1.29, 1.82) is 0 Å². The van der Waals surface area contributed by atoms with Crippen molar-refractivity contribution >= 4 is 5.97 Å². The minimum Gasteiger partial charge on any atom is -0.465 e. The van der Waals surface area contributed by atoms with E-state index in [1.54, 1.807) is 0 Å². The molecule has 2 aliphatic carbocycles. The van der Waals surface area contributed by atoms with Gasteiger partial charge in [0.1, 0.15) is 5.54 Å². The summed E-state index contributed by atoms with van der Waals surface area (Å²) < 4.78 is 5.27. The number of carbonyl (C=O) groups excluding carboxylic acids is 1. The molecule has 0 atom stereocenters. The highest BCUT2D eigenvalue weighted by atomic mass is 16.5. The molecule has 0 aliphatic heterocycles. The van der Waals surface area contributed by atoms with Crippen molar-refractivity contribution < 1.29 is 9.53 Å². The van der Waals surface area contributed by atoms with Crippen LogP contribution >= 0.6 is 0 Å². The molecule has 1 N–H and O–H groups in total. The largest absolute Gasteiger partial charge is 0.465 e. The van der Waals surface area contributed by atoms with E-state index in [0.717, 1.165) is 12.8 Å². The second-order valence-corrected chi connectivity index (χ2v) is 6.15. The first-order valence-corrected chi connectivity index (χ1v) is 7.61. The van der Waals surface area contributed by atoms with Crippen LogP contribution in [0.2, 0.25) is 0 Å². The summed E-state index contributed by atoms with van der Waals surface area (Å²) in [6.45, 7) is 4.59. The second-order valence-electron chi connectivity index (χ2n) is 6.15. The summed E-state index contributed by atoms with van der Waals surface area (Å²) in [6, 6.07) is 0.518. The third-order valence-corrected chi connectivity index (χ3v) is 4.40. The number of ether oxygens (including phenoxy) is 1. The molecular weight excluding hydrogens is 226 g/mol. The highest BCUT2D eigenvalue weighted by Gasteiger charge is 2.50. The highest BCUT2D eigenvalue weighted by molar-refractivity contribution is 5.82. The van der Waals surface area contributed by atoms with Crippen LogP contribution < -0.4 is 5.32 Å². The lowest BCUT2D eigenvalue weighted by molar-refractivity contribution is -0.158. The van der Waals surface area contributed by atoms with Gasteiger partial charge in [-0.15, -0.1) is 0 Å². The van der Waals surface area contributed by atoms with Gasteiger partial charge in [-0.3, -0.25) is 10.1 Å². The molecular formula is C15H27NO2. The normalized spacial score (nSPS) is 33.6. The van der Waals surface area contributed by atoms with Gasteiger partial charge in [0.15, 0.2) is 0 Å². The van der Waals surface area contributed by atoms with Crippen LogP contribution in [0, 0.1) is 5.92 Å². The summed E-state index contributed by atoms with van der Waals surface area (Å²) in [7, 11) is 0. The average Bonchev–Trinajstić information content (AvgIpc) is 2.55. The zero-order valence-electron chi connectivity index (χ0n) is 11.8. The van der Waals surface area contributed by atoms with Crippen molar-refractivity contribution in [3.8, 4) is 0 Å². The van der Waals surface area contributed by atoms with E-state index in [-0.39, 0.29) is 11.5 Å². The summed E-state index contributed by atoms with van der Waals surface area (Å²) >= 11 is 0. The zero-order valence-corrected chi connectivity index (χ0v) is 11.8. The fraction of sp³-hybridized carbons (Fsp3) is 0.933. The van der Waals surface area contributed by atoms with E-state index in [0.29, 0.717) is 18.6 Å². The Bertz CT molecular complexity index is 276. The van der Waals surface area contributed by atoms with E-state index < -0.39 is 0 Å². The van der Waals surface area contributed by atoms with Crippen LogP contribution in [0.15, 0.2) is 0 Å². The molecule has 2 rings (SSSR count). The molecule has 18 heavy (non-hydrogen) atoms. The smallest absolute Gasteiger partial charge is 0.326 e. The van der Waals surface area contributed by atoms with E-state index >= 15 is 0 Å². The van der Waals surface area contributed by atoms with Crippen LogP contribution in [-0.2, 0) is 9.53 Å². The summed E-state index contributed by atoms with van der Waals surface area (Å²) in [5, 5.41) is 3.65. The Balaban J connectivity index is 1.95. The second kappa shape index (κ2) is 6.05. The molecule has 2 aliphatic rings. The van der Waals surface area contributed by atoms with Crippen molar-refractivity contribution in [2.24, 2.45) is 5.92 Å². The van der Waals surface area contributed by atoms with Gasteiger partial charge in [-0.1, -0.05) is 32.6 Å². The first-order valence-electron chi connectivity index (χ1n) is 7.61. The number of hydrogen-bond acceptors (Lipinski definition) is 3. The molecule has 3 nitrogen and oxygen atoms in total. The van der Waals surface area contributed by atoms with Gasteiger partial charge in [0, 0.05) is 6.04 Å². The molecule has 0 aromatic carbocycles. The minimum atomic E-state index is -0.357. The van der Waals surface area contributed by atoms with E-state index in [2.05, 4.69) is 12.2 Å². The van der Waals surface area contributed by atoms with E-state index in [9.17, 15) is 4.79 Å². The molecule has 0 aromatic heterocycles. The zero-order chi connectivity index (χ0) is 13.0. The van der Waals surface area contributed by atoms with Crippen LogP contribution in [0.3, 0.4) is 0 Å². The number of nitrogens with one attached hydrogen (secondary N) is 1. The van der Waals surface area contributed by atoms with Gasteiger partial charge in [0.2, 0.25) is 0 Å². The van der Waals surface area contributed by atoms with Crippen LogP contribution in [-0.4, -0.2) is 24.2 Å². The first-order chi connectivity index (χ1) is 8.66. The predicted octanol–water partition coefficient (Wildman–Crippen LogP) is 3.03. The molecule has 2 saturated carbocycles. The Hall–Kier alpha value is -0.570. The lowest BCUT2D eigenvalue weighted by Crippen LogP contribution is -2.63. The Morgan fingerprint density at radius 2 is 1.83 bits per heavy atom. The van der Waals surface area contributed by atoms with Gasteiger partial charge in [-0.2, -0.15) is 0 Å². The fourth-order valence-corrected chi connectivity index (χ4v) is 3.56. The van der Waals surface area contributed by atoms with E-state index in [1.807, 2.05) is 6.92 Å². The third-order valence-electron chi connectivity index (χ3n) is 4.40. The van der Waals surface area contributed by atoms with E-state index in [4.69, 9.17) is 4.74 Å². The van der Waals surface area contributed by atoms with Gasteiger partial charge in [-0.25, -0.2) is 0 Å². The Morgan fingerprint density at radius 1 is 1.22 bits per heavy atom. The fourth-order valence-electron chi connectivity index (χ4n) is 3.56. The predicted molar refractivity (Wildman–Crippen MR) is 72.4 cm³/mol. The Labute approximate surface area is 111 Å². The molecule has 104 valence electrons. The lowest BCUT2D eigenvalue weighted by atomic mass is 9.68. The first kappa shape index (κ1) is 13.9. The number of carbonyl (C=O) groups is 1. The monoisotopic (exact) mass is 253 g/mol. The maximum atomic E-state index is 12.2. The molecule has 0 aromatic rings. The molecule has 0 spiro atoms. The Kier molecular flexibility index (Phi) is 4.66. The molecule has 0 saturated heterocycles. The topological polar surface area (TPSA) is 38.3 Å². The molecule has 0 heterocycles. The summed E-state index contributed by atoms with van der Waals surface area (Å²) in [4.78, 5) is 12.2. The van der Waals surface area contributed by atoms with Crippen molar-refractivity contribution in [2.75, 3.05) is 6.61 Å². The molecule has 0 unspecified atom stereocenters. The standard InChI is InChI=1S/C15H27NO2/c1-3-18-14(17)15(10-12(2)11-15)16-13-8-6-4-5-7-9-13/h12-13,16H,3-11H2,1-2H3. The van der Waals surface area contributed by atoms with Crippen LogP contribution in [0.25, 0.3) is 0 Å². The van der Waals surface area contributed by atoms with Gasteiger partial charge in [0.05, 0.1) is 6.61 Å². The van der Waals surface area contributed by atoms with Crippen molar-refractivity contribution in [3.05, 3.63) is 0 Å². The SMILES string of the molecule is CCOC(=O)C1(NC2CCCCCC2)CC(C)C1. The van der Waals surface area contributed by atoms with Gasteiger partial charge < -0.3 is 4.74 Å². The molecule has 0 bridgehead atoms. The van der Waals surface area contributed by atoms with Gasteiger partial charge in [-0.05, 0) is 38.5 Å². The van der Waals surface area contributed by atoms with Crippen molar-refractivity contribution in [3.63, 3.8) is 0 Å². The minimum absolute atomic E-state index is 0.0210. The number of esters is 1. The maximum Gasteiger partial charge on any atom is 0.326 e. The van der Waals surface area contributed by atoms with Crippen LogP contribution in [0.1, 0.15) is 65.2 Å². The molecule has 3 heteroatoms. The number of hydrogen-bond donors (Lipinski definition) is 1. The average molecular weight is 253 g/mol. The number of rotatable bonds is 4. The summed E-state index contributed by atoms with van der Waals surface area (Å²) in [5.74, 6) is 0.625. The van der Waals surface area contributed by atoms with E-state index in [1.165, 1.54) is 38.5 Å². The van der Waals surface area contributed by atoms with Crippen molar-refractivity contribution in [1.82, 2.24) is 5.32 Å². The third kappa shape index (κ3) is 3.05. The lowest BCUT2D eigenvalue weighted by Gasteiger charge is -2.46. The molecule has 2 fully saturated rings. The molecule has 0 amide bonds. The van der Waals surface area contributed by atoms with Gasteiger partial charge in [0.25, 0.3) is 0 Å². The van der Waals surface area contributed by atoms with Crippen LogP contribution in [0.5, 0.6) is 0 Å². The van der Waals surface area contributed by atoms with Gasteiger partial charge >= 0.3 is 5.97 Å². The quantitative estimate of drug-likeness (QED) is 0.618. The maximum absolute atomic E-state index is 12.2.